The number of carbonyl (C=O) groups excluding carboxylic acids is 2. The Morgan fingerprint density at radius 3 is 2.07 bits per heavy atom. The lowest BCUT2D eigenvalue weighted by atomic mass is 10.1. The van der Waals surface area contributed by atoms with E-state index in [2.05, 4.69) is 10.1 Å². The molecule has 0 radical (unpaired) electrons. The highest BCUT2D eigenvalue weighted by Gasteiger charge is 2.63. The molecule has 2 N–H and O–H groups in total. The number of anilines is 1. The highest BCUT2D eigenvalue weighted by molar-refractivity contribution is 5.91. The minimum absolute atomic E-state index is 0.0304. The van der Waals surface area contributed by atoms with E-state index in [4.69, 9.17) is 4.74 Å². The Kier molecular flexibility index (Phi) is 6.86. The molecule has 0 fully saturated rings. The van der Waals surface area contributed by atoms with E-state index in [1.807, 2.05) is 0 Å². The van der Waals surface area contributed by atoms with Crippen LogP contribution < -0.4 is 15.4 Å². The Labute approximate surface area is 159 Å². The first-order valence-electron chi connectivity index (χ1n) is 8.34. The second-order valence-corrected chi connectivity index (χ2v) is 5.61. The fourth-order valence-corrected chi connectivity index (χ4v) is 2.28. The molecule has 0 heterocycles. The van der Waals surface area contributed by atoms with Crippen LogP contribution in [0.5, 0.6) is 5.75 Å². The van der Waals surface area contributed by atoms with Crippen molar-refractivity contribution in [3.05, 3.63) is 60.7 Å². The number of nitrogens with one attached hydrogen (secondary N) is 2. The van der Waals surface area contributed by atoms with Crippen molar-refractivity contribution >= 4 is 17.6 Å². The fourth-order valence-electron chi connectivity index (χ4n) is 2.28. The van der Waals surface area contributed by atoms with Gasteiger partial charge in [0.15, 0.2) is 6.61 Å². The number of halogens is 3. The van der Waals surface area contributed by atoms with Crippen molar-refractivity contribution in [1.29, 1.82) is 0 Å². The minimum Gasteiger partial charge on any atom is -0.484 e. The summed E-state index contributed by atoms with van der Waals surface area (Å²) in [6.45, 7) is 0.336. The molecule has 2 aromatic carbocycles. The summed E-state index contributed by atoms with van der Waals surface area (Å²) >= 11 is 0. The maximum absolute atomic E-state index is 13.9. The van der Waals surface area contributed by atoms with E-state index < -0.39 is 30.3 Å². The van der Waals surface area contributed by atoms with Crippen molar-refractivity contribution in [1.82, 2.24) is 5.32 Å². The molecule has 0 bridgehead atoms. The summed E-state index contributed by atoms with van der Waals surface area (Å²) in [6, 6.07) is 15.3. The highest BCUT2D eigenvalue weighted by atomic mass is 19.4. The van der Waals surface area contributed by atoms with Crippen molar-refractivity contribution in [3.8, 4) is 5.75 Å². The zero-order valence-electron chi connectivity index (χ0n) is 15.0. The van der Waals surface area contributed by atoms with Crippen molar-refractivity contribution in [2.24, 2.45) is 0 Å². The van der Waals surface area contributed by atoms with Gasteiger partial charge in [-0.2, -0.15) is 13.2 Å². The Morgan fingerprint density at radius 2 is 1.54 bits per heavy atom. The average molecular weight is 396 g/mol. The molecule has 0 saturated carbocycles. The molecule has 6 nitrogen and oxygen atoms in total. The predicted octanol–water partition coefficient (Wildman–Crippen LogP) is 3.12. The van der Waals surface area contributed by atoms with E-state index in [-0.39, 0.29) is 12.3 Å². The lowest BCUT2D eigenvalue weighted by Crippen LogP contribution is -2.69. The molecule has 0 saturated heterocycles. The van der Waals surface area contributed by atoms with Gasteiger partial charge in [-0.1, -0.05) is 36.4 Å². The fraction of sp³-hybridized carbons (Fsp3) is 0.263. The zero-order valence-corrected chi connectivity index (χ0v) is 15.0. The van der Waals surface area contributed by atoms with Crippen molar-refractivity contribution in [2.75, 3.05) is 18.5 Å². The number of para-hydroxylation sites is 2. The maximum Gasteiger partial charge on any atom is 0.441 e. The molecule has 0 aromatic heterocycles. The van der Waals surface area contributed by atoms with Crippen molar-refractivity contribution in [3.63, 3.8) is 0 Å². The molecule has 0 aliphatic heterocycles. The number of rotatable bonds is 8. The molecule has 2 aromatic rings. The number of hydrogen-bond acceptors (Lipinski definition) is 5. The van der Waals surface area contributed by atoms with E-state index in [9.17, 15) is 22.8 Å². The zero-order chi connectivity index (χ0) is 20.6. The van der Waals surface area contributed by atoms with Crippen molar-refractivity contribution < 1.29 is 32.2 Å². The van der Waals surface area contributed by atoms with E-state index >= 15 is 0 Å². The van der Waals surface area contributed by atoms with Crippen LogP contribution in [0.4, 0.5) is 18.9 Å². The first kappa shape index (κ1) is 21.1. The van der Waals surface area contributed by atoms with Gasteiger partial charge in [0.25, 0.3) is 5.91 Å². The van der Waals surface area contributed by atoms with Gasteiger partial charge in [-0.05, 0) is 31.2 Å². The molecule has 2 rings (SSSR count). The standard InChI is InChI=1S/C19H19F3N2O4/c1-2-27-17(26)18(19(20,21)22,23-14-9-5-3-6-10-14)24-16(25)13-28-15-11-7-4-8-12-15/h3-12,23H,2,13H2,1H3,(H,24,25). The summed E-state index contributed by atoms with van der Waals surface area (Å²) < 4.78 is 51.6. The van der Waals surface area contributed by atoms with E-state index in [1.54, 1.807) is 29.6 Å². The number of alkyl halides is 3. The van der Waals surface area contributed by atoms with Crippen LogP contribution in [0.3, 0.4) is 0 Å². The molecule has 1 amide bonds. The summed E-state index contributed by atoms with van der Waals surface area (Å²) in [5.74, 6) is -2.54. The number of carbonyl (C=O) groups is 2. The number of amides is 1. The minimum atomic E-state index is -5.20. The number of hydrogen-bond donors (Lipinski definition) is 2. The van der Waals surface area contributed by atoms with E-state index in [0.717, 1.165) is 0 Å². The first-order valence-corrected chi connectivity index (χ1v) is 8.34. The molecular weight excluding hydrogens is 377 g/mol. The lowest BCUT2D eigenvalue weighted by molar-refractivity contribution is -0.208. The Hall–Kier alpha value is -3.23. The number of ether oxygens (including phenoxy) is 2. The smallest absolute Gasteiger partial charge is 0.441 e. The van der Waals surface area contributed by atoms with Gasteiger partial charge >= 0.3 is 17.8 Å². The third kappa shape index (κ3) is 5.15. The SMILES string of the molecule is CCOC(=O)C(NC(=O)COc1ccccc1)(Nc1ccccc1)C(F)(F)F. The van der Waals surface area contributed by atoms with Crippen LogP contribution in [0.2, 0.25) is 0 Å². The van der Waals surface area contributed by atoms with Crippen LogP contribution in [0.1, 0.15) is 6.92 Å². The van der Waals surface area contributed by atoms with Gasteiger partial charge in [0.2, 0.25) is 0 Å². The van der Waals surface area contributed by atoms with Gasteiger partial charge in [-0.25, -0.2) is 4.79 Å². The largest absolute Gasteiger partial charge is 0.484 e. The molecular formula is C19H19F3N2O4. The molecule has 0 spiro atoms. The Morgan fingerprint density at radius 1 is 0.964 bits per heavy atom. The maximum atomic E-state index is 13.9. The van der Waals surface area contributed by atoms with E-state index in [1.165, 1.54) is 43.3 Å². The van der Waals surface area contributed by atoms with Gasteiger partial charge in [0.1, 0.15) is 5.75 Å². The molecule has 9 heteroatoms. The van der Waals surface area contributed by atoms with Crippen LogP contribution in [-0.4, -0.2) is 36.9 Å². The molecule has 150 valence electrons. The van der Waals surface area contributed by atoms with Gasteiger partial charge in [0, 0.05) is 5.69 Å². The predicted molar refractivity (Wildman–Crippen MR) is 95.6 cm³/mol. The monoisotopic (exact) mass is 396 g/mol. The summed E-state index contributed by atoms with van der Waals surface area (Å²) in [5.41, 5.74) is -3.50. The molecule has 1 unspecified atom stereocenters. The third-order valence-electron chi connectivity index (χ3n) is 3.55. The lowest BCUT2D eigenvalue weighted by Gasteiger charge is -2.35. The van der Waals surface area contributed by atoms with Gasteiger partial charge < -0.3 is 20.1 Å². The summed E-state index contributed by atoms with van der Waals surface area (Å²) in [6.07, 6.45) is -5.20. The average Bonchev–Trinajstić information content (AvgIpc) is 2.66. The quantitative estimate of drug-likeness (QED) is 0.530. The molecule has 0 aliphatic rings. The van der Waals surface area contributed by atoms with E-state index in [0.29, 0.717) is 5.75 Å². The van der Waals surface area contributed by atoms with Crippen molar-refractivity contribution in [2.45, 2.75) is 18.8 Å². The summed E-state index contributed by atoms with van der Waals surface area (Å²) in [4.78, 5) is 24.5. The highest BCUT2D eigenvalue weighted by Crippen LogP contribution is 2.33. The number of benzene rings is 2. The topological polar surface area (TPSA) is 76.7 Å². The Bertz CT molecular complexity index is 785. The first-order chi connectivity index (χ1) is 13.3. The second kappa shape index (κ2) is 9.12. The summed E-state index contributed by atoms with van der Waals surface area (Å²) in [7, 11) is 0. The van der Waals surface area contributed by atoms with Crippen LogP contribution in [0.15, 0.2) is 60.7 Å². The van der Waals surface area contributed by atoms with Crippen LogP contribution in [-0.2, 0) is 14.3 Å². The summed E-state index contributed by atoms with van der Waals surface area (Å²) in [5, 5.41) is 3.76. The van der Waals surface area contributed by atoms with Crippen LogP contribution >= 0.6 is 0 Å². The molecule has 1 atom stereocenters. The third-order valence-corrected chi connectivity index (χ3v) is 3.55. The second-order valence-electron chi connectivity index (χ2n) is 5.61. The normalized spacial score (nSPS) is 13.1. The van der Waals surface area contributed by atoms with Gasteiger partial charge in [-0.15, -0.1) is 0 Å². The van der Waals surface area contributed by atoms with Gasteiger partial charge in [-0.3, -0.25) is 4.79 Å². The Balaban J connectivity index is 2.27. The molecule has 28 heavy (non-hydrogen) atoms. The van der Waals surface area contributed by atoms with Crippen LogP contribution in [0.25, 0.3) is 0 Å². The molecule has 0 aliphatic carbocycles. The van der Waals surface area contributed by atoms with Gasteiger partial charge in [0.05, 0.1) is 6.61 Å². The van der Waals surface area contributed by atoms with Crippen LogP contribution in [0, 0.1) is 0 Å². The number of esters is 1.